The first-order valence-electron chi connectivity index (χ1n) is 7.90. The summed E-state index contributed by atoms with van der Waals surface area (Å²) in [6.45, 7) is -1.61. The van der Waals surface area contributed by atoms with E-state index in [1.54, 1.807) is 24.5 Å². The fourth-order valence-corrected chi connectivity index (χ4v) is 2.58. The number of alkyl halides is 3. The normalized spacial score (nSPS) is 20.6. The Morgan fingerprint density at radius 1 is 1.24 bits per heavy atom. The van der Waals surface area contributed by atoms with Gasteiger partial charge in [-0.1, -0.05) is 6.07 Å². The van der Waals surface area contributed by atoms with Gasteiger partial charge in [0.2, 0.25) is 0 Å². The average Bonchev–Trinajstić information content (AvgIpc) is 2.55. The number of alkyl carbamates (subject to hydrolysis) is 1. The van der Waals surface area contributed by atoms with Crippen LogP contribution in [0.15, 0.2) is 24.5 Å². The van der Waals surface area contributed by atoms with Gasteiger partial charge in [-0.25, -0.2) is 4.79 Å². The van der Waals surface area contributed by atoms with Crippen LogP contribution < -0.4 is 5.32 Å². The molecule has 1 aromatic heterocycles. The van der Waals surface area contributed by atoms with Crippen molar-refractivity contribution in [2.24, 2.45) is 0 Å². The number of rotatable bonds is 5. The van der Waals surface area contributed by atoms with Crippen LogP contribution in [0.3, 0.4) is 0 Å². The van der Waals surface area contributed by atoms with E-state index in [4.69, 9.17) is 4.74 Å². The third-order valence-electron chi connectivity index (χ3n) is 3.73. The van der Waals surface area contributed by atoms with Crippen molar-refractivity contribution in [3.63, 3.8) is 0 Å². The number of nitrogens with one attached hydrogen (secondary N) is 1. The van der Waals surface area contributed by atoms with Crippen molar-refractivity contribution in [1.29, 1.82) is 0 Å². The molecule has 0 unspecified atom stereocenters. The summed E-state index contributed by atoms with van der Waals surface area (Å²) < 4.78 is 45.4. The lowest BCUT2D eigenvalue weighted by Crippen LogP contribution is -2.40. The summed E-state index contributed by atoms with van der Waals surface area (Å²) in [5.74, 6) is -0.353. The van der Waals surface area contributed by atoms with Gasteiger partial charge in [0.1, 0.15) is 6.10 Å². The van der Waals surface area contributed by atoms with Crippen LogP contribution >= 0.6 is 0 Å². The molecular weight excluding hydrogens is 341 g/mol. The number of esters is 1. The molecule has 138 valence electrons. The molecule has 0 aliphatic heterocycles. The second kappa shape index (κ2) is 8.68. The molecule has 1 amide bonds. The monoisotopic (exact) mass is 360 g/mol. The molecule has 0 atom stereocenters. The van der Waals surface area contributed by atoms with Crippen molar-refractivity contribution in [1.82, 2.24) is 10.3 Å². The summed E-state index contributed by atoms with van der Waals surface area (Å²) in [4.78, 5) is 27.1. The predicted molar refractivity (Wildman–Crippen MR) is 80.6 cm³/mol. The number of hydrogen-bond acceptors (Lipinski definition) is 5. The van der Waals surface area contributed by atoms with Crippen molar-refractivity contribution in [3.05, 3.63) is 30.1 Å². The quantitative estimate of drug-likeness (QED) is 0.817. The summed E-state index contributed by atoms with van der Waals surface area (Å²) in [5, 5.41) is 2.40. The van der Waals surface area contributed by atoms with Crippen LogP contribution in [0, 0.1) is 0 Å². The Labute approximate surface area is 142 Å². The van der Waals surface area contributed by atoms with E-state index in [0.29, 0.717) is 25.7 Å². The number of hydrogen-bond donors (Lipinski definition) is 1. The van der Waals surface area contributed by atoms with Gasteiger partial charge >= 0.3 is 18.2 Å². The third-order valence-corrected chi connectivity index (χ3v) is 3.73. The van der Waals surface area contributed by atoms with Crippen molar-refractivity contribution < 1.29 is 32.2 Å². The van der Waals surface area contributed by atoms with E-state index in [-0.39, 0.29) is 24.5 Å². The number of halogens is 3. The average molecular weight is 360 g/mol. The van der Waals surface area contributed by atoms with Gasteiger partial charge in [0.15, 0.2) is 6.61 Å². The SMILES string of the molecule is O=C(Cc1cccnc1)OC1CCC(NC(=O)OCC(F)(F)F)CC1. The van der Waals surface area contributed by atoms with E-state index in [1.165, 1.54) is 0 Å². The fourth-order valence-electron chi connectivity index (χ4n) is 2.58. The van der Waals surface area contributed by atoms with Gasteiger partial charge in [0, 0.05) is 18.4 Å². The highest BCUT2D eigenvalue weighted by Crippen LogP contribution is 2.22. The molecule has 9 heteroatoms. The topological polar surface area (TPSA) is 77.5 Å². The summed E-state index contributed by atoms with van der Waals surface area (Å²) in [5.41, 5.74) is 0.760. The van der Waals surface area contributed by atoms with Crippen LogP contribution in [-0.2, 0) is 20.7 Å². The molecule has 1 heterocycles. The number of nitrogens with zero attached hydrogens (tertiary/aromatic N) is 1. The highest BCUT2D eigenvalue weighted by atomic mass is 19.4. The smallest absolute Gasteiger partial charge is 0.422 e. The van der Waals surface area contributed by atoms with E-state index in [2.05, 4.69) is 15.0 Å². The summed E-state index contributed by atoms with van der Waals surface area (Å²) >= 11 is 0. The maximum absolute atomic E-state index is 12.0. The molecule has 0 radical (unpaired) electrons. The Morgan fingerprint density at radius 2 is 1.96 bits per heavy atom. The van der Waals surface area contributed by atoms with Gasteiger partial charge in [-0.3, -0.25) is 9.78 Å². The van der Waals surface area contributed by atoms with E-state index >= 15 is 0 Å². The zero-order valence-electron chi connectivity index (χ0n) is 13.4. The minimum absolute atomic E-state index is 0.135. The van der Waals surface area contributed by atoms with Crippen molar-refractivity contribution >= 4 is 12.1 Å². The Hall–Kier alpha value is -2.32. The van der Waals surface area contributed by atoms with E-state index in [9.17, 15) is 22.8 Å². The molecule has 1 N–H and O–H groups in total. The first-order chi connectivity index (χ1) is 11.8. The van der Waals surface area contributed by atoms with Crippen LogP contribution in [0.1, 0.15) is 31.2 Å². The molecule has 1 saturated carbocycles. The molecule has 0 saturated heterocycles. The highest BCUT2D eigenvalue weighted by Gasteiger charge is 2.31. The lowest BCUT2D eigenvalue weighted by Gasteiger charge is -2.28. The van der Waals surface area contributed by atoms with Gasteiger partial charge in [0.05, 0.1) is 6.42 Å². The number of carbonyl (C=O) groups excluding carboxylic acids is 2. The van der Waals surface area contributed by atoms with Gasteiger partial charge in [-0.15, -0.1) is 0 Å². The molecule has 6 nitrogen and oxygen atoms in total. The fraction of sp³-hybridized carbons (Fsp3) is 0.562. The number of carbonyl (C=O) groups is 2. The van der Waals surface area contributed by atoms with Gasteiger partial charge in [-0.05, 0) is 37.3 Å². The maximum atomic E-state index is 12.0. The summed E-state index contributed by atoms with van der Waals surface area (Å²) in [7, 11) is 0. The van der Waals surface area contributed by atoms with Gasteiger partial charge in [-0.2, -0.15) is 13.2 Å². The highest BCUT2D eigenvalue weighted by molar-refractivity contribution is 5.72. The zero-order valence-corrected chi connectivity index (χ0v) is 13.4. The number of pyridine rings is 1. The lowest BCUT2D eigenvalue weighted by molar-refractivity contribution is -0.160. The van der Waals surface area contributed by atoms with Crippen molar-refractivity contribution in [2.45, 2.75) is 50.4 Å². The summed E-state index contributed by atoms with van der Waals surface area (Å²) in [6.07, 6.45) is -0.475. The molecule has 25 heavy (non-hydrogen) atoms. The van der Waals surface area contributed by atoms with Crippen LogP contribution in [0.2, 0.25) is 0 Å². The largest absolute Gasteiger partial charge is 0.462 e. The molecule has 2 rings (SSSR count). The molecule has 1 aliphatic rings. The van der Waals surface area contributed by atoms with Gasteiger partial charge < -0.3 is 14.8 Å². The number of aromatic nitrogens is 1. The van der Waals surface area contributed by atoms with E-state index in [0.717, 1.165) is 5.56 Å². The van der Waals surface area contributed by atoms with Crippen LogP contribution in [0.25, 0.3) is 0 Å². The van der Waals surface area contributed by atoms with Crippen LogP contribution in [-0.4, -0.2) is 42.0 Å². The Kier molecular flexibility index (Phi) is 6.60. The second-order valence-electron chi connectivity index (χ2n) is 5.84. The molecular formula is C16H19F3N2O4. The summed E-state index contributed by atoms with van der Waals surface area (Å²) in [6, 6.07) is 3.23. The minimum atomic E-state index is -4.54. The van der Waals surface area contributed by atoms with E-state index in [1.807, 2.05) is 0 Å². The standard InChI is InChI=1S/C16H19F3N2O4/c17-16(18,19)10-24-15(23)21-12-3-5-13(6-4-12)25-14(22)8-11-2-1-7-20-9-11/h1-2,7,9,12-13H,3-6,8,10H2,(H,21,23). The van der Waals surface area contributed by atoms with E-state index < -0.39 is 18.9 Å². The second-order valence-corrected chi connectivity index (χ2v) is 5.84. The maximum Gasteiger partial charge on any atom is 0.422 e. The van der Waals surface area contributed by atoms with Crippen LogP contribution in [0.5, 0.6) is 0 Å². The molecule has 1 fully saturated rings. The molecule has 0 bridgehead atoms. The predicted octanol–water partition coefficient (Wildman–Crippen LogP) is 2.77. The minimum Gasteiger partial charge on any atom is -0.462 e. The third kappa shape index (κ3) is 7.40. The Balaban J connectivity index is 1.65. The van der Waals surface area contributed by atoms with Crippen LogP contribution in [0.4, 0.5) is 18.0 Å². The molecule has 1 aromatic rings. The zero-order chi connectivity index (χ0) is 18.3. The number of ether oxygens (including phenoxy) is 2. The Morgan fingerprint density at radius 3 is 2.56 bits per heavy atom. The Bertz CT molecular complexity index is 572. The molecule has 1 aliphatic carbocycles. The molecule has 0 aromatic carbocycles. The van der Waals surface area contributed by atoms with Gasteiger partial charge in [0.25, 0.3) is 0 Å². The first kappa shape index (κ1) is 19.0. The lowest BCUT2D eigenvalue weighted by atomic mass is 9.93. The van der Waals surface area contributed by atoms with Crippen molar-refractivity contribution in [2.75, 3.05) is 6.61 Å². The van der Waals surface area contributed by atoms with Crippen molar-refractivity contribution in [3.8, 4) is 0 Å². The first-order valence-corrected chi connectivity index (χ1v) is 7.90. The molecule has 0 spiro atoms. The number of amides is 1.